The summed E-state index contributed by atoms with van der Waals surface area (Å²) in [5.74, 6) is -0.918. The van der Waals surface area contributed by atoms with Gasteiger partial charge >= 0.3 is 0 Å². The molecule has 1 atom stereocenters. The predicted octanol–water partition coefficient (Wildman–Crippen LogP) is 4.25. The Kier molecular flexibility index (Phi) is 5.55. The molecule has 1 unspecified atom stereocenters. The van der Waals surface area contributed by atoms with E-state index in [0.717, 1.165) is 5.56 Å². The average Bonchev–Trinajstić information content (AvgIpc) is 2.53. The monoisotopic (exact) mass is 338 g/mol. The minimum Gasteiger partial charge on any atom is -0.375 e. The van der Waals surface area contributed by atoms with E-state index < -0.39 is 5.82 Å². The summed E-state index contributed by atoms with van der Waals surface area (Å²) in [7, 11) is 1.67. The lowest BCUT2D eigenvalue weighted by atomic mass is 10.1. The lowest BCUT2D eigenvalue weighted by molar-refractivity contribution is -0.129. The zero-order valence-corrected chi connectivity index (χ0v) is 13.6. The van der Waals surface area contributed by atoms with Crippen LogP contribution < -0.4 is 5.32 Å². The number of amides is 1. The Bertz CT molecular complexity index is 691. The summed E-state index contributed by atoms with van der Waals surface area (Å²) in [6, 6.07) is 9.74. The van der Waals surface area contributed by atoms with Crippen molar-refractivity contribution in [2.75, 3.05) is 18.9 Å². The van der Waals surface area contributed by atoms with Crippen molar-refractivity contribution in [3.05, 3.63) is 64.7 Å². The topological polar surface area (TPSA) is 32.3 Å². The van der Waals surface area contributed by atoms with E-state index in [9.17, 15) is 13.6 Å². The van der Waals surface area contributed by atoms with Crippen LogP contribution in [-0.2, 0) is 4.79 Å². The summed E-state index contributed by atoms with van der Waals surface area (Å²) >= 11 is 5.90. The number of anilines is 1. The van der Waals surface area contributed by atoms with Crippen molar-refractivity contribution >= 4 is 23.2 Å². The van der Waals surface area contributed by atoms with E-state index in [2.05, 4.69) is 5.32 Å². The first kappa shape index (κ1) is 17.2. The summed E-state index contributed by atoms with van der Waals surface area (Å²) < 4.78 is 25.9. The molecule has 0 saturated carbocycles. The van der Waals surface area contributed by atoms with Gasteiger partial charge in [0.1, 0.15) is 11.6 Å². The molecule has 0 aliphatic heterocycles. The molecular formula is C17H17ClF2N2O. The average molecular weight is 339 g/mol. The molecule has 2 aromatic carbocycles. The van der Waals surface area contributed by atoms with Gasteiger partial charge in [-0.05, 0) is 42.8 Å². The second kappa shape index (κ2) is 7.42. The molecule has 6 heteroatoms. The first-order chi connectivity index (χ1) is 10.9. The Morgan fingerprint density at radius 1 is 1.17 bits per heavy atom. The van der Waals surface area contributed by atoms with Crippen molar-refractivity contribution in [2.45, 2.75) is 13.0 Å². The largest absolute Gasteiger partial charge is 0.375 e. The van der Waals surface area contributed by atoms with Crippen LogP contribution in [0.2, 0.25) is 5.02 Å². The third kappa shape index (κ3) is 4.42. The molecule has 0 heterocycles. The molecule has 0 aromatic heterocycles. The highest BCUT2D eigenvalue weighted by atomic mass is 35.5. The van der Waals surface area contributed by atoms with Gasteiger partial charge in [0, 0.05) is 7.05 Å². The van der Waals surface area contributed by atoms with Crippen LogP contribution in [0.15, 0.2) is 42.5 Å². The Morgan fingerprint density at radius 2 is 1.78 bits per heavy atom. The van der Waals surface area contributed by atoms with Gasteiger partial charge in [-0.25, -0.2) is 8.78 Å². The number of likely N-dealkylation sites (N-methyl/N-ethyl adjacent to an activating group) is 1. The molecule has 0 aliphatic rings. The van der Waals surface area contributed by atoms with E-state index >= 15 is 0 Å². The molecule has 0 aliphatic carbocycles. The summed E-state index contributed by atoms with van der Waals surface area (Å²) in [5.41, 5.74) is 1.33. The Balaban J connectivity index is 1.98. The highest BCUT2D eigenvalue weighted by Crippen LogP contribution is 2.23. The molecule has 0 spiro atoms. The maximum Gasteiger partial charge on any atom is 0.242 e. The van der Waals surface area contributed by atoms with Crippen molar-refractivity contribution in [1.82, 2.24) is 4.90 Å². The number of nitrogens with one attached hydrogen (secondary N) is 1. The van der Waals surface area contributed by atoms with Gasteiger partial charge in [-0.1, -0.05) is 23.7 Å². The van der Waals surface area contributed by atoms with Crippen molar-refractivity contribution < 1.29 is 13.6 Å². The zero-order valence-electron chi connectivity index (χ0n) is 12.8. The number of carbonyl (C=O) groups excluding carboxylic acids is 1. The molecule has 2 rings (SSSR count). The summed E-state index contributed by atoms with van der Waals surface area (Å²) in [6.07, 6.45) is 0. The molecule has 3 nitrogen and oxygen atoms in total. The van der Waals surface area contributed by atoms with Gasteiger partial charge in [0.15, 0.2) is 0 Å². The van der Waals surface area contributed by atoms with Crippen LogP contribution in [0.4, 0.5) is 14.5 Å². The van der Waals surface area contributed by atoms with Crippen molar-refractivity contribution in [3.8, 4) is 0 Å². The first-order valence-electron chi connectivity index (χ1n) is 7.08. The molecule has 0 saturated heterocycles. The minimum absolute atomic E-state index is 0.0212. The van der Waals surface area contributed by atoms with Crippen LogP contribution in [0.1, 0.15) is 18.5 Å². The van der Waals surface area contributed by atoms with Gasteiger partial charge in [0.05, 0.1) is 23.3 Å². The molecule has 122 valence electrons. The molecular weight excluding hydrogens is 322 g/mol. The summed E-state index contributed by atoms with van der Waals surface area (Å²) in [5, 5.41) is 3.10. The molecule has 0 radical (unpaired) electrons. The highest BCUT2D eigenvalue weighted by Gasteiger charge is 2.17. The number of hydrogen-bond acceptors (Lipinski definition) is 2. The second-order valence-electron chi connectivity index (χ2n) is 5.21. The van der Waals surface area contributed by atoms with E-state index in [0.29, 0.717) is 5.69 Å². The van der Waals surface area contributed by atoms with Crippen molar-refractivity contribution in [2.24, 2.45) is 0 Å². The standard InChI is InChI=1S/C17H17ClF2N2O/c1-11(12-3-5-13(19)6-4-12)22(2)17(23)10-21-16-8-7-14(20)9-15(16)18/h3-9,11,21H,10H2,1-2H3. The van der Waals surface area contributed by atoms with E-state index in [1.54, 1.807) is 24.1 Å². The second-order valence-corrected chi connectivity index (χ2v) is 5.62. The quantitative estimate of drug-likeness (QED) is 0.884. The van der Waals surface area contributed by atoms with Crippen LogP contribution in [0.25, 0.3) is 0 Å². The molecule has 0 bridgehead atoms. The fourth-order valence-electron chi connectivity index (χ4n) is 2.11. The summed E-state index contributed by atoms with van der Waals surface area (Å²) in [4.78, 5) is 13.8. The number of rotatable bonds is 5. The molecule has 23 heavy (non-hydrogen) atoms. The summed E-state index contributed by atoms with van der Waals surface area (Å²) in [6.45, 7) is 1.88. The molecule has 2 aromatic rings. The van der Waals surface area contributed by atoms with Gasteiger partial charge in [-0.3, -0.25) is 4.79 Å². The predicted molar refractivity (Wildman–Crippen MR) is 87.5 cm³/mol. The van der Waals surface area contributed by atoms with Crippen LogP contribution in [-0.4, -0.2) is 24.4 Å². The third-order valence-electron chi connectivity index (χ3n) is 3.69. The van der Waals surface area contributed by atoms with Crippen LogP contribution >= 0.6 is 11.6 Å². The van der Waals surface area contributed by atoms with Gasteiger partial charge in [0.2, 0.25) is 5.91 Å². The number of nitrogens with zero attached hydrogens (tertiary/aromatic N) is 1. The van der Waals surface area contributed by atoms with E-state index in [1.807, 2.05) is 6.92 Å². The number of benzene rings is 2. The minimum atomic E-state index is -0.436. The molecule has 1 amide bonds. The van der Waals surface area contributed by atoms with E-state index in [4.69, 9.17) is 11.6 Å². The zero-order chi connectivity index (χ0) is 17.0. The van der Waals surface area contributed by atoms with Crippen molar-refractivity contribution in [1.29, 1.82) is 0 Å². The highest BCUT2D eigenvalue weighted by molar-refractivity contribution is 6.33. The van der Waals surface area contributed by atoms with Gasteiger partial charge in [-0.15, -0.1) is 0 Å². The van der Waals surface area contributed by atoms with Crippen LogP contribution in [0, 0.1) is 11.6 Å². The van der Waals surface area contributed by atoms with Gasteiger partial charge < -0.3 is 10.2 Å². The van der Waals surface area contributed by atoms with E-state index in [-0.39, 0.29) is 29.3 Å². The van der Waals surface area contributed by atoms with Crippen LogP contribution in [0.5, 0.6) is 0 Å². The lowest BCUT2D eigenvalue weighted by Crippen LogP contribution is -2.34. The Labute approximate surface area is 138 Å². The number of carbonyl (C=O) groups is 1. The number of hydrogen-bond donors (Lipinski definition) is 1. The first-order valence-corrected chi connectivity index (χ1v) is 7.46. The Morgan fingerprint density at radius 3 is 2.39 bits per heavy atom. The van der Waals surface area contributed by atoms with E-state index in [1.165, 1.54) is 30.3 Å². The van der Waals surface area contributed by atoms with Gasteiger partial charge in [-0.2, -0.15) is 0 Å². The maximum atomic E-state index is 13.0. The third-order valence-corrected chi connectivity index (χ3v) is 4.00. The Hall–Kier alpha value is -2.14. The molecule has 0 fully saturated rings. The van der Waals surface area contributed by atoms with Gasteiger partial charge in [0.25, 0.3) is 0 Å². The lowest BCUT2D eigenvalue weighted by Gasteiger charge is -2.25. The molecule has 1 N–H and O–H groups in total. The fraction of sp³-hybridized carbons (Fsp3) is 0.235. The maximum absolute atomic E-state index is 13.0. The normalized spacial score (nSPS) is 11.9. The fourth-order valence-corrected chi connectivity index (χ4v) is 2.34. The SMILES string of the molecule is CC(c1ccc(F)cc1)N(C)C(=O)CNc1ccc(F)cc1Cl. The number of halogens is 3. The smallest absolute Gasteiger partial charge is 0.242 e. The van der Waals surface area contributed by atoms with Crippen LogP contribution in [0.3, 0.4) is 0 Å². The van der Waals surface area contributed by atoms with Crippen molar-refractivity contribution in [3.63, 3.8) is 0 Å².